The molecule has 5 heteroatoms. The van der Waals surface area contributed by atoms with Crippen molar-refractivity contribution in [2.75, 3.05) is 25.0 Å². The predicted octanol–water partition coefficient (Wildman–Crippen LogP) is 5.05. The number of hydrogen-bond acceptors (Lipinski definition) is 3. The Kier molecular flexibility index (Phi) is 5.50. The quantitative estimate of drug-likeness (QED) is 0.484. The minimum Gasteiger partial charge on any atom is -0.342 e. The highest BCUT2D eigenvalue weighted by Crippen LogP contribution is 2.29. The first-order valence-corrected chi connectivity index (χ1v) is 10.9. The van der Waals surface area contributed by atoms with E-state index in [4.69, 9.17) is 4.98 Å². The van der Waals surface area contributed by atoms with Crippen LogP contribution in [0.2, 0.25) is 0 Å². The normalized spacial score (nSPS) is 15.2. The lowest BCUT2D eigenvalue weighted by atomic mass is 9.96. The van der Waals surface area contributed by atoms with Crippen molar-refractivity contribution in [2.24, 2.45) is 0 Å². The number of para-hydroxylation sites is 3. The van der Waals surface area contributed by atoms with E-state index >= 15 is 0 Å². The lowest BCUT2D eigenvalue weighted by Crippen LogP contribution is -2.39. The van der Waals surface area contributed by atoms with Crippen molar-refractivity contribution in [3.05, 3.63) is 84.7 Å². The lowest BCUT2D eigenvalue weighted by Gasteiger charge is -2.30. The summed E-state index contributed by atoms with van der Waals surface area (Å²) in [5.41, 5.74) is 5.12. The van der Waals surface area contributed by atoms with Gasteiger partial charge >= 0.3 is 0 Å². The molecule has 0 unspecified atom stereocenters. The standard InChI is InChI=1S/C26H26N4O/c31-25(27-22-11-5-4-10-21(22)19-8-2-1-3-9-19)18-30-16-14-20(15-17-30)26-28-23-12-6-7-13-24(23)29-26/h1-13,20H,14-18H2,(H,27,31)(H,28,29). The Bertz CT molecular complexity index is 1140. The van der Waals surface area contributed by atoms with Crippen LogP contribution in [0.3, 0.4) is 0 Å². The molecule has 31 heavy (non-hydrogen) atoms. The van der Waals surface area contributed by atoms with Crippen LogP contribution in [0, 0.1) is 0 Å². The molecular formula is C26H26N4O. The van der Waals surface area contributed by atoms with Crippen LogP contribution in [-0.4, -0.2) is 40.4 Å². The second kappa shape index (κ2) is 8.74. The summed E-state index contributed by atoms with van der Waals surface area (Å²) in [4.78, 5) is 23.2. The number of imidazole rings is 1. The number of likely N-dealkylation sites (tertiary alicyclic amines) is 1. The van der Waals surface area contributed by atoms with E-state index < -0.39 is 0 Å². The van der Waals surface area contributed by atoms with E-state index in [1.807, 2.05) is 60.7 Å². The molecule has 1 aliphatic heterocycles. The number of fused-ring (bicyclic) bond motifs is 1. The van der Waals surface area contributed by atoms with E-state index in [1.54, 1.807) is 0 Å². The number of aromatic nitrogens is 2. The molecule has 0 spiro atoms. The summed E-state index contributed by atoms with van der Waals surface area (Å²) in [5, 5.41) is 3.12. The van der Waals surface area contributed by atoms with Gasteiger partial charge < -0.3 is 10.3 Å². The second-order valence-corrected chi connectivity index (χ2v) is 8.15. The SMILES string of the molecule is O=C(CN1CCC(c2nc3ccccc3[nH]2)CC1)Nc1ccccc1-c1ccccc1. The third-order valence-electron chi connectivity index (χ3n) is 6.04. The fourth-order valence-electron chi connectivity index (χ4n) is 4.38. The average Bonchev–Trinajstić information content (AvgIpc) is 3.25. The molecule has 2 N–H and O–H groups in total. The zero-order valence-corrected chi connectivity index (χ0v) is 17.4. The fraction of sp³-hybridized carbons (Fsp3) is 0.231. The van der Waals surface area contributed by atoms with Gasteiger partial charge in [-0.1, -0.05) is 60.7 Å². The van der Waals surface area contributed by atoms with Gasteiger partial charge in [-0.05, 0) is 49.7 Å². The lowest BCUT2D eigenvalue weighted by molar-refractivity contribution is -0.117. The van der Waals surface area contributed by atoms with Gasteiger partial charge in [-0.2, -0.15) is 0 Å². The molecule has 1 aromatic heterocycles. The van der Waals surface area contributed by atoms with E-state index in [9.17, 15) is 4.79 Å². The van der Waals surface area contributed by atoms with Crippen LogP contribution in [0.5, 0.6) is 0 Å². The molecule has 1 aliphatic rings. The van der Waals surface area contributed by atoms with Crippen molar-refractivity contribution >= 4 is 22.6 Å². The number of aromatic amines is 1. The third kappa shape index (κ3) is 4.37. The number of H-pyrrole nitrogens is 1. The highest BCUT2D eigenvalue weighted by atomic mass is 16.2. The number of benzene rings is 3. The van der Waals surface area contributed by atoms with Gasteiger partial charge in [0.2, 0.25) is 5.91 Å². The summed E-state index contributed by atoms with van der Waals surface area (Å²) in [6.07, 6.45) is 2.02. The number of carbonyl (C=O) groups excluding carboxylic acids is 1. The summed E-state index contributed by atoms with van der Waals surface area (Å²) in [5.74, 6) is 1.53. The van der Waals surface area contributed by atoms with Gasteiger partial charge in [-0.3, -0.25) is 9.69 Å². The predicted molar refractivity (Wildman–Crippen MR) is 125 cm³/mol. The molecule has 4 aromatic rings. The van der Waals surface area contributed by atoms with Crippen molar-refractivity contribution in [3.8, 4) is 11.1 Å². The molecule has 5 rings (SSSR count). The molecule has 3 aromatic carbocycles. The minimum atomic E-state index is 0.0329. The molecule has 0 atom stereocenters. The monoisotopic (exact) mass is 410 g/mol. The molecule has 0 radical (unpaired) electrons. The van der Waals surface area contributed by atoms with Crippen LogP contribution in [0.1, 0.15) is 24.6 Å². The number of nitrogens with zero attached hydrogens (tertiary/aromatic N) is 2. The topological polar surface area (TPSA) is 61.0 Å². The van der Waals surface area contributed by atoms with E-state index in [0.29, 0.717) is 12.5 Å². The molecule has 0 saturated carbocycles. The first-order valence-electron chi connectivity index (χ1n) is 10.9. The molecular weight excluding hydrogens is 384 g/mol. The largest absolute Gasteiger partial charge is 0.342 e. The van der Waals surface area contributed by atoms with Gasteiger partial charge in [-0.25, -0.2) is 4.98 Å². The van der Waals surface area contributed by atoms with Gasteiger partial charge in [0.25, 0.3) is 0 Å². The summed E-state index contributed by atoms with van der Waals surface area (Å²) in [7, 11) is 0. The Labute approximate surface area is 182 Å². The Morgan fingerprint density at radius 3 is 2.45 bits per heavy atom. The molecule has 1 saturated heterocycles. The van der Waals surface area contributed by atoms with Crippen LogP contribution >= 0.6 is 0 Å². The van der Waals surface area contributed by atoms with Crippen LogP contribution in [-0.2, 0) is 4.79 Å². The molecule has 0 aliphatic carbocycles. The van der Waals surface area contributed by atoms with Gasteiger partial charge in [-0.15, -0.1) is 0 Å². The van der Waals surface area contributed by atoms with E-state index in [-0.39, 0.29) is 5.91 Å². The van der Waals surface area contributed by atoms with Gasteiger partial charge in [0, 0.05) is 17.2 Å². The number of anilines is 1. The van der Waals surface area contributed by atoms with E-state index in [2.05, 4.69) is 33.4 Å². The van der Waals surface area contributed by atoms with Crippen LogP contribution in [0.15, 0.2) is 78.9 Å². The first kappa shape index (κ1) is 19.5. The van der Waals surface area contributed by atoms with Crippen molar-refractivity contribution in [1.29, 1.82) is 0 Å². The Morgan fingerprint density at radius 2 is 1.65 bits per heavy atom. The molecule has 0 bridgehead atoms. The highest BCUT2D eigenvalue weighted by Gasteiger charge is 2.24. The smallest absolute Gasteiger partial charge is 0.238 e. The van der Waals surface area contributed by atoms with Gasteiger partial charge in [0.1, 0.15) is 5.82 Å². The number of piperidine rings is 1. The van der Waals surface area contributed by atoms with Crippen molar-refractivity contribution in [3.63, 3.8) is 0 Å². The molecule has 5 nitrogen and oxygen atoms in total. The Hall–Kier alpha value is -3.44. The molecule has 156 valence electrons. The maximum absolute atomic E-state index is 12.8. The first-order chi connectivity index (χ1) is 15.3. The maximum atomic E-state index is 12.8. The van der Waals surface area contributed by atoms with Crippen LogP contribution < -0.4 is 5.32 Å². The van der Waals surface area contributed by atoms with Crippen LogP contribution in [0.25, 0.3) is 22.2 Å². The average molecular weight is 411 g/mol. The number of nitrogens with one attached hydrogen (secondary N) is 2. The zero-order chi connectivity index (χ0) is 21.0. The van der Waals surface area contributed by atoms with Crippen LogP contribution in [0.4, 0.5) is 5.69 Å². The van der Waals surface area contributed by atoms with Crippen molar-refractivity contribution in [2.45, 2.75) is 18.8 Å². The van der Waals surface area contributed by atoms with Crippen molar-refractivity contribution in [1.82, 2.24) is 14.9 Å². The highest BCUT2D eigenvalue weighted by molar-refractivity contribution is 5.96. The van der Waals surface area contributed by atoms with E-state index in [1.165, 1.54) is 0 Å². The molecule has 1 amide bonds. The third-order valence-corrected chi connectivity index (χ3v) is 6.04. The van der Waals surface area contributed by atoms with Gasteiger partial charge in [0.15, 0.2) is 0 Å². The Morgan fingerprint density at radius 1 is 0.935 bits per heavy atom. The Balaban J connectivity index is 1.19. The van der Waals surface area contributed by atoms with Gasteiger partial charge in [0.05, 0.1) is 17.6 Å². The van der Waals surface area contributed by atoms with Crippen molar-refractivity contribution < 1.29 is 4.79 Å². The summed E-state index contributed by atoms with van der Waals surface area (Å²) >= 11 is 0. The second-order valence-electron chi connectivity index (χ2n) is 8.15. The zero-order valence-electron chi connectivity index (χ0n) is 17.4. The number of amides is 1. The summed E-state index contributed by atoms with van der Waals surface area (Å²) < 4.78 is 0. The maximum Gasteiger partial charge on any atom is 0.238 e. The summed E-state index contributed by atoms with van der Waals surface area (Å²) in [6, 6.07) is 26.3. The number of carbonyl (C=O) groups is 1. The number of rotatable bonds is 5. The molecule has 1 fully saturated rings. The summed E-state index contributed by atoms with van der Waals surface area (Å²) in [6.45, 7) is 2.21. The number of hydrogen-bond donors (Lipinski definition) is 2. The minimum absolute atomic E-state index is 0.0329. The molecule has 2 heterocycles. The fourth-order valence-corrected chi connectivity index (χ4v) is 4.38. The van der Waals surface area contributed by atoms with E-state index in [0.717, 1.165) is 59.6 Å².